The van der Waals surface area contributed by atoms with E-state index in [-0.39, 0.29) is 5.50 Å². The highest BCUT2D eigenvalue weighted by atomic mass is 35.5. The van der Waals surface area contributed by atoms with Gasteiger partial charge in [-0.25, -0.2) is 4.98 Å². The predicted octanol–water partition coefficient (Wildman–Crippen LogP) is 2.56. The Morgan fingerprint density at radius 2 is 2.58 bits per heavy atom. The zero-order valence-electron chi connectivity index (χ0n) is 6.24. The van der Waals surface area contributed by atoms with Gasteiger partial charge in [-0.05, 0) is 6.26 Å². The third-order valence-corrected chi connectivity index (χ3v) is 3.98. The highest BCUT2D eigenvalue weighted by molar-refractivity contribution is 8.00. The number of nitrogens with zero attached hydrogens (tertiary/aromatic N) is 2. The Balaban J connectivity index is 2.41. The van der Waals surface area contributed by atoms with E-state index in [0.717, 1.165) is 15.0 Å². The van der Waals surface area contributed by atoms with Crippen molar-refractivity contribution in [1.82, 2.24) is 4.98 Å². The normalized spacial score (nSPS) is 20.3. The summed E-state index contributed by atoms with van der Waals surface area (Å²) < 4.78 is 1.02. The van der Waals surface area contributed by atoms with Gasteiger partial charge in [0, 0.05) is 0 Å². The highest BCUT2D eigenvalue weighted by Crippen LogP contribution is 2.38. The van der Waals surface area contributed by atoms with Crippen molar-refractivity contribution in [2.24, 2.45) is 4.99 Å². The summed E-state index contributed by atoms with van der Waals surface area (Å²) in [4.78, 5) is 9.33. The number of aliphatic imine (C=N–C) groups is 1. The van der Waals surface area contributed by atoms with E-state index >= 15 is 0 Å². The minimum Gasteiger partial charge on any atom is -0.330 e. The van der Waals surface area contributed by atoms with Gasteiger partial charge in [0.2, 0.25) is 0 Å². The van der Waals surface area contributed by atoms with Gasteiger partial charge in [-0.1, -0.05) is 23.4 Å². The third-order valence-electron chi connectivity index (χ3n) is 1.43. The summed E-state index contributed by atoms with van der Waals surface area (Å²) in [7, 11) is 0. The van der Waals surface area contributed by atoms with E-state index < -0.39 is 0 Å². The summed E-state index contributed by atoms with van der Waals surface area (Å²) in [6, 6.07) is 0. The highest BCUT2D eigenvalue weighted by Gasteiger charge is 2.19. The third kappa shape index (κ3) is 1.32. The standard InChI is InChI=1S/C6H6ClN3S2/c1-11-6-10-5-3(12-6)4(7)8-2-9-5/h2,4H,1H3,(H,8,9). The Morgan fingerprint density at radius 3 is 3.25 bits per heavy atom. The van der Waals surface area contributed by atoms with E-state index in [0.29, 0.717) is 0 Å². The first-order valence-corrected chi connectivity index (χ1v) is 5.76. The van der Waals surface area contributed by atoms with Crippen molar-refractivity contribution in [2.75, 3.05) is 11.6 Å². The second kappa shape index (κ2) is 3.24. The maximum atomic E-state index is 5.94. The molecule has 0 radical (unpaired) electrons. The van der Waals surface area contributed by atoms with Gasteiger partial charge in [0.1, 0.15) is 5.82 Å². The average Bonchev–Trinajstić information content (AvgIpc) is 2.49. The number of hydrogen-bond donors (Lipinski definition) is 1. The van der Waals surface area contributed by atoms with Crippen LogP contribution >= 0.6 is 34.7 Å². The Hall–Kier alpha value is -0.260. The molecule has 0 spiro atoms. The van der Waals surface area contributed by atoms with Gasteiger partial charge in [-0.2, -0.15) is 0 Å². The molecule has 2 heterocycles. The van der Waals surface area contributed by atoms with Crippen LogP contribution in [0.4, 0.5) is 5.82 Å². The molecule has 1 unspecified atom stereocenters. The van der Waals surface area contributed by atoms with E-state index in [1.165, 1.54) is 0 Å². The van der Waals surface area contributed by atoms with Crippen molar-refractivity contribution in [3.05, 3.63) is 4.88 Å². The van der Waals surface area contributed by atoms with Crippen LogP contribution in [0.1, 0.15) is 10.4 Å². The fourth-order valence-electron chi connectivity index (χ4n) is 0.895. The van der Waals surface area contributed by atoms with E-state index in [2.05, 4.69) is 15.3 Å². The van der Waals surface area contributed by atoms with Gasteiger partial charge in [0.25, 0.3) is 0 Å². The summed E-state index contributed by atoms with van der Waals surface area (Å²) in [6.07, 6.45) is 3.58. The number of alkyl halides is 1. The maximum Gasteiger partial charge on any atom is 0.163 e. The van der Waals surface area contributed by atoms with Crippen molar-refractivity contribution >= 4 is 46.9 Å². The van der Waals surface area contributed by atoms with Gasteiger partial charge >= 0.3 is 0 Å². The minimum atomic E-state index is -0.264. The zero-order chi connectivity index (χ0) is 8.55. The molecule has 3 nitrogen and oxygen atoms in total. The molecule has 2 rings (SSSR count). The van der Waals surface area contributed by atoms with Crippen LogP contribution in [0.5, 0.6) is 0 Å². The molecule has 12 heavy (non-hydrogen) atoms. The quantitative estimate of drug-likeness (QED) is 0.448. The summed E-state index contributed by atoms with van der Waals surface area (Å²) in [5.74, 6) is 0.847. The lowest BCUT2D eigenvalue weighted by Gasteiger charge is -2.08. The fourth-order valence-corrected chi connectivity index (χ4v) is 2.66. The van der Waals surface area contributed by atoms with Crippen LogP contribution in [0.15, 0.2) is 9.33 Å². The van der Waals surface area contributed by atoms with Crippen LogP contribution in [0.25, 0.3) is 0 Å². The fraction of sp³-hybridized carbons (Fsp3) is 0.333. The van der Waals surface area contributed by atoms with Gasteiger partial charge < -0.3 is 5.32 Å². The number of thioether (sulfide) groups is 1. The number of anilines is 1. The summed E-state index contributed by atoms with van der Waals surface area (Å²) in [6.45, 7) is 0. The second-order valence-corrected chi connectivity index (χ2v) is 4.65. The SMILES string of the molecule is CSc1nc2c(s1)C(Cl)N=CN2. The number of hydrogen-bond acceptors (Lipinski definition) is 5. The summed E-state index contributed by atoms with van der Waals surface area (Å²) in [5.41, 5.74) is -0.264. The maximum absolute atomic E-state index is 5.94. The number of nitrogens with one attached hydrogen (secondary N) is 1. The molecule has 6 heteroatoms. The lowest BCUT2D eigenvalue weighted by molar-refractivity contribution is 1.03. The first-order chi connectivity index (χ1) is 5.81. The Kier molecular flexibility index (Phi) is 2.25. The molecule has 0 bridgehead atoms. The lowest BCUT2D eigenvalue weighted by atomic mass is 10.4. The predicted molar refractivity (Wildman–Crippen MR) is 54.6 cm³/mol. The van der Waals surface area contributed by atoms with Gasteiger partial charge in [0.05, 0.1) is 11.2 Å². The molecule has 0 saturated heterocycles. The van der Waals surface area contributed by atoms with Crippen molar-refractivity contribution in [3.8, 4) is 0 Å². The molecule has 0 amide bonds. The molecule has 64 valence electrons. The first kappa shape index (κ1) is 8.34. The molecule has 1 N–H and O–H groups in total. The van der Waals surface area contributed by atoms with Gasteiger partial charge in [-0.3, -0.25) is 4.99 Å². The van der Waals surface area contributed by atoms with Crippen LogP contribution in [-0.4, -0.2) is 17.6 Å². The van der Waals surface area contributed by atoms with Crippen molar-refractivity contribution in [3.63, 3.8) is 0 Å². The lowest BCUT2D eigenvalue weighted by Crippen LogP contribution is -2.04. The number of rotatable bonds is 1. The molecule has 1 aromatic rings. The van der Waals surface area contributed by atoms with Crippen molar-refractivity contribution in [2.45, 2.75) is 9.84 Å². The molecule has 1 aliphatic heterocycles. The van der Waals surface area contributed by atoms with Crippen LogP contribution in [0.2, 0.25) is 0 Å². The molecule has 1 aromatic heterocycles. The van der Waals surface area contributed by atoms with Crippen LogP contribution in [0.3, 0.4) is 0 Å². The van der Waals surface area contributed by atoms with Gasteiger partial charge in [-0.15, -0.1) is 11.3 Å². The average molecular weight is 220 g/mol. The van der Waals surface area contributed by atoms with Gasteiger partial charge in [0.15, 0.2) is 9.84 Å². The molecule has 0 saturated carbocycles. The molecular formula is C6H6ClN3S2. The monoisotopic (exact) mass is 219 g/mol. The number of fused-ring (bicyclic) bond motifs is 1. The Labute approximate surface area is 83.3 Å². The smallest absolute Gasteiger partial charge is 0.163 e. The molecule has 0 fully saturated rings. The molecule has 0 aliphatic carbocycles. The number of aromatic nitrogens is 1. The number of thiazole rings is 1. The topological polar surface area (TPSA) is 37.3 Å². The Bertz CT molecular complexity index is 323. The molecule has 0 aromatic carbocycles. The largest absolute Gasteiger partial charge is 0.330 e. The molecule has 1 atom stereocenters. The van der Waals surface area contributed by atoms with Crippen LogP contribution < -0.4 is 5.32 Å². The Morgan fingerprint density at radius 1 is 1.75 bits per heavy atom. The van der Waals surface area contributed by atoms with E-state index in [1.54, 1.807) is 29.4 Å². The number of halogens is 1. The summed E-state index contributed by atoms with van der Waals surface area (Å²) in [5, 5.41) is 2.96. The van der Waals surface area contributed by atoms with Crippen molar-refractivity contribution < 1.29 is 0 Å². The van der Waals surface area contributed by atoms with Crippen molar-refractivity contribution in [1.29, 1.82) is 0 Å². The summed E-state index contributed by atoms with van der Waals surface area (Å²) >= 11 is 9.15. The second-order valence-electron chi connectivity index (χ2n) is 2.16. The van der Waals surface area contributed by atoms with E-state index in [9.17, 15) is 0 Å². The molecular weight excluding hydrogens is 214 g/mol. The first-order valence-electron chi connectivity index (χ1n) is 3.28. The minimum absolute atomic E-state index is 0.264. The van der Waals surface area contributed by atoms with E-state index in [4.69, 9.17) is 11.6 Å². The zero-order valence-corrected chi connectivity index (χ0v) is 8.63. The molecule has 1 aliphatic rings. The van der Waals surface area contributed by atoms with Crippen LogP contribution in [0, 0.1) is 0 Å². The van der Waals surface area contributed by atoms with E-state index in [1.807, 2.05) is 6.26 Å². The van der Waals surface area contributed by atoms with Crippen LogP contribution in [-0.2, 0) is 0 Å².